The van der Waals surface area contributed by atoms with Crippen LogP contribution in [0.5, 0.6) is 11.5 Å². The molecule has 0 bridgehead atoms. The van der Waals surface area contributed by atoms with Gasteiger partial charge in [-0.05, 0) is 58.5 Å². The van der Waals surface area contributed by atoms with Gasteiger partial charge in [0.25, 0.3) is 5.91 Å². The number of carbonyl (C=O) groups excluding carboxylic acids is 1. The van der Waals surface area contributed by atoms with E-state index >= 15 is 0 Å². The number of ether oxygens (including phenoxy) is 2. The van der Waals surface area contributed by atoms with Gasteiger partial charge in [0.2, 0.25) is 6.79 Å². The van der Waals surface area contributed by atoms with Crippen molar-refractivity contribution in [2.24, 2.45) is 0 Å². The first kappa shape index (κ1) is 15.3. The fourth-order valence-electron chi connectivity index (χ4n) is 4.02. The highest BCUT2D eigenvalue weighted by atomic mass is 16.7. The number of fused-ring (bicyclic) bond motifs is 1. The summed E-state index contributed by atoms with van der Waals surface area (Å²) in [7, 11) is 1.84. The van der Waals surface area contributed by atoms with E-state index in [1.54, 1.807) is 4.90 Å². The number of rotatable bonds is 3. The summed E-state index contributed by atoms with van der Waals surface area (Å²) >= 11 is 0. The first-order valence-corrected chi connectivity index (χ1v) is 8.88. The van der Waals surface area contributed by atoms with Gasteiger partial charge in [-0.3, -0.25) is 4.79 Å². The molecule has 3 aromatic rings. The smallest absolute Gasteiger partial charge is 0.254 e. The van der Waals surface area contributed by atoms with E-state index in [9.17, 15) is 4.79 Å². The van der Waals surface area contributed by atoms with E-state index in [-0.39, 0.29) is 12.7 Å². The molecule has 0 spiro atoms. The summed E-state index contributed by atoms with van der Waals surface area (Å²) in [6, 6.07) is 16.2. The molecule has 1 amide bonds. The zero-order valence-corrected chi connectivity index (χ0v) is 14.6. The zero-order chi connectivity index (χ0) is 17.7. The van der Waals surface area contributed by atoms with Gasteiger partial charge in [-0.25, -0.2) is 0 Å². The minimum absolute atomic E-state index is 0.0401. The fraction of sp³-hybridized carbons (Fsp3) is 0.227. The molecule has 0 N–H and O–H groups in total. The van der Waals surface area contributed by atoms with Gasteiger partial charge in [0, 0.05) is 19.2 Å². The van der Waals surface area contributed by atoms with E-state index in [1.807, 2.05) is 31.3 Å². The maximum Gasteiger partial charge on any atom is 0.254 e. The molecule has 1 heterocycles. The van der Waals surface area contributed by atoms with Gasteiger partial charge in [0.05, 0.1) is 0 Å². The quantitative estimate of drug-likeness (QED) is 0.722. The number of carbonyl (C=O) groups is 1. The summed E-state index contributed by atoms with van der Waals surface area (Å²) < 4.78 is 10.8. The van der Waals surface area contributed by atoms with E-state index in [4.69, 9.17) is 9.47 Å². The van der Waals surface area contributed by atoms with Crippen LogP contribution in [0, 0.1) is 0 Å². The Balaban J connectivity index is 1.46. The molecule has 0 fully saturated rings. The van der Waals surface area contributed by atoms with E-state index < -0.39 is 0 Å². The standard InChI is InChI=1S/C22H19NO3/c1-23(12-14-5-10-19-20(11-14)26-13-25-19)22(24)18-9-8-16-7-6-15-3-2-4-17(18)21(15)16/h2-5,8-11H,6-7,12-13H2,1H3. The van der Waals surface area contributed by atoms with Crippen LogP contribution < -0.4 is 9.47 Å². The van der Waals surface area contributed by atoms with E-state index in [0.29, 0.717) is 6.54 Å². The molecule has 26 heavy (non-hydrogen) atoms. The van der Waals surface area contributed by atoms with Gasteiger partial charge in [-0.2, -0.15) is 0 Å². The van der Waals surface area contributed by atoms with Crippen LogP contribution >= 0.6 is 0 Å². The van der Waals surface area contributed by atoms with Crippen molar-refractivity contribution in [1.29, 1.82) is 0 Å². The minimum Gasteiger partial charge on any atom is -0.454 e. The highest BCUT2D eigenvalue weighted by Gasteiger charge is 2.21. The molecule has 0 atom stereocenters. The lowest BCUT2D eigenvalue weighted by Crippen LogP contribution is -2.26. The average molecular weight is 345 g/mol. The largest absolute Gasteiger partial charge is 0.454 e. The Hall–Kier alpha value is -3.01. The summed E-state index contributed by atoms with van der Waals surface area (Å²) in [4.78, 5) is 14.9. The summed E-state index contributed by atoms with van der Waals surface area (Å²) in [5, 5.41) is 2.34. The summed E-state index contributed by atoms with van der Waals surface area (Å²) in [6.45, 7) is 0.784. The van der Waals surface area contributed by atoms with Gasteiger partial charge >= 0.3 is 0 Å². The second-order valence-corrected chi connectivity index (χ2v) is 6.96. The van der Waals surface area contributed by atoms with Gasteiger partial charge in [-0.15, -0.1) is 0 Å². The van der Waals surface area contributed by atoms with E-state index in [2.05, 4.69) is 24.3 Å². The Kier molecular flexibility index (Phi) is 3.38. The van der Waals surface area contributed by atoms with Gasteiger partial charge in [-0.1, -0.05) is 30.3 Å². The number of hydrogen-bond donors (Lipinski definition) is 0. The Morgan fingerprint density at radius 1 is 1.00 bits per heavy atom. The van der Waals surface area contributed by atoms with Crippen LogP contribution in [-0.2, 0) is 19.4 Å². The van der Waals surface area contributed by atoms with Crippen molar-refractivity contribution in [2.45, 2.75) is 19.4 Å². The van der Waals surface area contributed by atoms with Crippen LogP contribution in [0.1, 0.15) is 27.0 Å². The Morgan fingerprint density at radius 3 is 2.69 bits per heavy atom. The van der Waals surface area contributed by atoms with Crippen LogP contribution in [0.15, 0.2) is 48.5 Å². The fourth-order valence-corrected chi connectivity index (χ4v) is 4.02. The van der Waals surface area contributed by atoms with Crippen molar-refractivity contribution in [3.8, 4) is 11.5 Å². The molecule has 4 nitrogen and oxygen atoms in total. The molecule has 4 heteroatoms. The second kappa shape index (κ2) is 5.77. The lowest BCUT2D eigenvalue weighted by molar-refractivity contribution is 0.0787. The van der Waals surface area contributed by atoms with E-state index in [0.717, 1.165) is 40.9 Å². The van der Waals surface area contributed by atoms with Crippen molar-refractivity contribution >= 4 is 16.7 Å². The molecule has 0 aromatic heterocycles. The molecule has 0 radical (unpaired) electrons. The monoisotopic (exact) mass is 345 g/mol. The molecule has 1 aliphatic heterocycles. The van der Waals surface area contributed by atoms with Crippen molar-refractivity contribution in [3.05, 3.63) is 70.8 Å². The topological polar surface area (TPSA) is 38.8 Å². The van der Waals surface area contributed by atoms with Gasteiger partial charge in [0.1, 0.15) is 0 Å². The zero-order valence-electron chi connectivity index (χ0n) is 14.6. The van der Waals surface area contributed by atoms with Gasteiger partial charge < -0.3 is 14.4 Å². The SMILES string of the molecule is CN(Cc1ccc2c(c1)OCO2)C(=O)c1ccc2c3c(cccc13)CC2. The molecule has 2 aliphatic rings. The molecule has 0 saturated heterocycles. The number of hydrogen-bond acceptors (Lipinski definition) is 3. The number of benzene rings is 3. The summed E-state index contributed by atoms with van der Waals surface area (Å²) in [5.41, 5.74) is 4.50. The van der Waals surface area contributed by atoms with Crippen LogP contribution in [0.2, 0.25) is 0 Å². The van der Waals surface area contributed by atoms with E-state index in [1.165, 1.54) is 16.5 Å². The highest BCUT2D eigenvalue weighted by Crippen LogP contribution is 2.34. The van der Waals surface area contributed by atoms with Crippen molar-refractivity contribution in [1.82, 2.24) is 4.90 Å². The number of aryl methyl sites for hydroxylation is 2. The third-order valence-corrected chi connectivity index (χ3v) is 5.31. The molecule has 0 saturated carbocycles. The molecule has 0 unspecified atom stereocenters. The maximum absolute atomic E-state index is 13.1. The van der Waals surface area contributed by atoms with Crippen LogP contribution in [0.25, 0.3) is 10.8 Å². The predicted octanol–water partition coefficient (Wildman–Crippen LogP) is 3.94. The van der Waals surface area contributed by atoms with Gasteiger partial charge in [0.15, 0.2) is 11.5 Å². The number of nitrogens with zero attached hydrogens (tertiary/aromatic N) is 1. The normalized spacial score (nSPS) is 14.0. The lowest BCUT2D eigenvalue weighted by atomic mass is 9.99. The summed E-state index contributed by atoms with van der Waals surface area (Å²) in [6.07, 6.45) is 2.13. The maximum atomic E-state index is 13.1. The molecule has 1 aliphatic carbocycles. The third kappa shape index (κ3) is 2.33. The third-order valence-electron chi connectivity index (χ3n) is 5.31. The molecule has 3 aromatic carbocycles. The molecular formula is C22H19NO3. The predicted molar refractivity (Wildman–Crippen MR) is 99.7 cm³/mol. The van der Waals surface area contributed by atoms with Crippen LogP contribution in [0.4, 0.5) is 0 Å². The second-order valence-electron chi connectivity index (χ2n) is 6.96. The highest BCUT2D eigenvalue weighted by molar-refractivity contribution is 6.09. The van der Waals surface area contributed by atoms with Crippen LogP contribution in [-0.4, -0.2) is 24.6 Å². The van der Waals surface area contributed by atoms with Crippen molar-refractivity contribution in [3.63, 3.8) is 0 Å². The number of amides is 1. The first-order valence-electron chi connectivity index (χ1n) is 8.88. The Morgan fingerprint density at radius 2 is 1.81 bits per heavy atom. The summed E-state index contributed by atoms with van der Waals surface area (Å²) in [5.74, 6) is 1.54. The average Bonchev–Trinajstić information content (AvgIpc) is 3.29. The molecule has 5 rings (SSSR count). The first-order chi connectivity index (χ1) is 12.7. The lowest BCUT2D eigenvalue weighted by Gasteiger charge is -2.19. The molecular weight excluding hydrogens is 326 g/mol. The minimum atomic E-state index is 0.0401. The van der Waals surface area contributed by atoms with Crippen molar-refractivity contribution < 1.29 is 14.3 Å². The van der Waals surface area contributed by atoms with Crippen molar-refractivity contribution in [2.75, 3.05) is 13.8 Å². The Labute approximate surface area is 151 Å². The Bertz CT molecular complexity index is 1030. The molecule has 130 valence electrons. The van der Waals surface area contributed by atoms with Crippen LogP contribution in [0.3, 0.4) is 0 Å².